The van der Waals surface area contributed by atoms with E-state index >= 15 is 0 Å². The van der Waals surface area contributed by atoms with Crippen molar-refractivity contribution in [3.05, 3.63) is 82.5 Å². The molecule has 1 aliphatic rings. The third-order valence-corrected chi connectivity index (χ3v) is 7.67. The number of allylic oxidation sites excluding steroid dienone is 1. The van der Waals surface area contributed by atoms with Crippen molar-refractivity contribution in [2.45, 2.75) is 26.8 Å². The van der Waals surface area contributed by atoms with Gasteiger partial charge in [0.15, 0.2) is 22.9 Å². The molecule has 2 aromatic carbocycles. The van der Waals surface area contributed by atoms with Gasteiger partial charge in [-0.2, -0.15) is 0 Å². The predicted molar refractivity (Wildman–Crippen MR) is 162 cm³/mol. The topological polar surface area (TPSA) is 167 Å². The van der Waals surface area contributed by atoms with E-state index in [4.69, 9.17) is 23.7 Å². The van der Waals surface area contributed by atoms with Crippen molar-refractivity contribution >= 4 is 35.0 Å². The fraction of sp³-hybridized carbons (Fsp3) is 0.333. The minimum absolute atomic E-state index is 0.00530. The van der Waals surface area contributed by atoms with E-state index in [1.165, 1.54) is 44.1 Å². The van der Waals surface area contributed by atoms with Crippen molar-refractivity contribution in [1.82, 2.24) is 4.57 Å². The van der Waals surface area contributed by atoms with Crippen molar-refractivity contribution < 1.29 is 42.9 Å². The number of rotatable bonds is 12. The number of hydrogen-bond acceptors (Lipinski definition) is 13. The second-order valence-electron chi connectivity index (χ2n) is 9.33. The van der Waals surface area contributed by atoms with E-state index in [1.54, 1.807) is 39.0 Å². The molecule has 0 radical (unpaired) electrons. The zero-order valence-corrected chi connectivity index (χ0v) is 26.2. The maximum Gasteiger partial charge on any atom is 0.343 e. The van der Waals surface area contributed by atoms with Gasteiger partial charge in [0.25, 0.3) is 5.56 Å². The molecule has 0 saturated carbocycles. The summed E-state index contributed by atoms with van der Waals surface area (Å²) in [5, 5.41) is 11.7. The molecule has 14 nitrogen and oxygen atoms in total. The normalized spacial score (nSPS) is 14.3. The molecule has 1 aromatic heterocycles. The molecule has 0 unspecified atom stereocenters. The van der Waals surface area contributed by atoms with Crippen molar-refractivity contribution in [2.24, 2.45) is 4.99 Å². The van der Waals surface area contributed by atoms with Crippen molar-refractivity contribution in [2.75, 3.05) is 41.2 Å². The summed E-state index contributed by atoms with van der Waals surface area (Å²) in [6, 6.07) is 6.47. The van der Waals surface area contributed by atoms with E-state index in [0.717, 1.165) is 11.3 Å². The summed E-state index contributed by atoms with van der Waals surface area (Å²) in [5.74, 6) is -0.481. The lowest BCUT2D eigenvalue weighted by Crippen LogP contribution is -2.40. The summed E-state index contributed by atoms with van der Waals surface area (Å²) in [6.07, 6.45) is 1.46. The van der Waals surface area contributed by atoms with E-state index < -0.39 is 28.5 Å². The molecule has 1 aliphatic heterocycles. The van der Waals surface area contributed by atoms with Gasteiger partial charge < -0.3 is 28.4 Å². The first-order valence-electron chi connectivity index (χ1n) is 13.6. The number of nitro groups is 1. The van der Waals surface area contributed by atoms with Crippen LogP contribution >= 0.6 is 11.3 Å². The molecule has 0 fully saturated rings. The number of aromatic nitrogens is 1. The number of carbonyl (C=O) groups is 2. The number of ether oxygens (including phenoxy) is 6. The van der Waals surface area contributed by atoms with Crippen molar-refractivity contribution in [3.8, 4) is 23.0 Å². The fourth-order valence-corrected chi connectivity index (χ4v) is 5.73. The largest absolute Gasteiger partial charge is 0.496 e. The minimum atomic E-state index is -0.983. The Balaban J connectivity index is 1.95. The molecule has 0 spiro atoms. The molecule has 0 saturated heterocycles. The van der Waals surface area contributed by atoms with Crippen LogP contribution in [0.15, 0.2) is 51.4 Å². The molecule has 0 bridgehead atoms. The van der Waals surface area contributed by atoms with Crippen LogP contribution in [0.4, 0.5) is 5.69 Å². The van der Waals surface area contributed by atoms with Gasteiger partial charge in [0, 0.05) is 17.7 Å². The number of benzene rings is 2. The highest BCUT2D eigenvalue weighted by Gasteiger charge is 2.34. The molecule has 45 heavy (non-hydrogen) atoms. The van der Waals surface area contributed by atoms with E-state index in [1.807, 2.05) is 0 Å². The second kappa shape index (κ2) is 14.1. The number of thiazole rings is 1. The van der Waals surface area contributed by atoms with Crippen LogP contribution in [0.5, 0.6) is 23.0 Å². The van der Waals surface area contributed by atoms with Gasteiger partial charge in [-0.25, -0.2) is 14.6 Å². The highest BCUT2D eigenvalue weighted by Crippen LogP contribution is 2.37. The Morgan fingerprint density at radius 1 is 1.02 bits per heavy atom. The molecular formula is C30H31N3O11S. The summed E-state index contributed by atoms with van der Waals surface area (Å²) in [5.41, 5.74) is 0.397. The highest BCUT2D eigenvalue weighted by molar-refractivity contribution is 7.07. The molecule has 238 valence electrons. The average Bonchev–Trinajstić information content (AvgIpc) is 3.32. The number of fused-ring (bicyclic) bond motifs is 1. The lowest BCUT2D eigenvalue weighted by Gasteiger charge is -2.25. The minimum Gasteiger partial charge on any atom is -0.496 e. The van der Waals surface area contributed by atoms with Gasteiger partial charge >= 0.3 is 17.6 Å². The van der Waals surface area contributed by atoms with Crippen LogP contribution in [0.1, 0.15) is 37.9 Å². The van der Waals surface area contributed by atoms with Gasteiger partial charge in [0.1, 0.15) is 5.75 Å². The van der Waals surface area contributed by atoms with Crippen LogP contribution < -0.4 is 33.8 Å². The first kappa shape index (κ1) is 32.7. The van der Waals surface area contributed by atoms with E-state index in [2.05, 4.69) is 9.73 Å². The van der Waals surface area contributed by atoms with Crippen LogP contribution in [0.25, 0.3) is 6.08 Å². The number of methoxy groups -OCH3 is 3. The van der Waals surface area contributed by atoms with Gasteiger partial charge in [0.05, 0.1) is 61.3 Å². The fourth-order valence-electron chi connectivity index (χ4n) is 4.69. The summed E-state index contributed by atoms with van der Waals surface area (Å²) in [7, 11) is 3.94. The Morgan fingerprint density at radius 2 is 1.76 bits per heavy atom. The Bertz CT molecular complexity index is 1860. The summed E-state index contributed by atoms with van der Waals surface area (Å²) >= 11 is 1.04. The molecule has 0 aliphatic carbocycles. The maximum atomic E-state index is 14.1. The van der Waals surface area contributed by atoms with Gasteiger partial charge in [0.2, 0.25) is 5.75 Å². The lowest BCUT2D eigenvalue weighted by molar-refractivity contribution is -0.385. The van der Waals surface area contributed by atoms with Crippen LogP contribution in [-0.4, -0.2) is 62.6 Å². The number of hydrogen-bond donors (Lipinski definition) is 0. The molecule has 4 rings (SSSR count). The van der Waals surface area contributed by atoms with Crippen molar-refractivity contribution in [3.63, 3.8) is 0 Å². The van der Waals surface area contributed by atoms with Crippen LogP contribution in [0, 0.1) is 10.1 Å². The molecule has 0 amide bonds. The predicted octanol–water partition coefficient (Wildman–Crippen LogP) is 2.67. The number of carbonyl (C=O) groups excluding carboxylic acids is 2. The summed E-state index contributed by atoms with van der Waals surface area (Å²) in [6.45, 7) is 5.07. The second-order valence-corrected chi connectivity index (χ2v) is 10.3. The smallest absolute Gasteiger partial charge is 0.343 e. The molecule has 0 N–H and O–H groups in total. The molecule has 3 aromatic rings. The van der Waals surface area contributed by atoms with E-state index in [-0.39, 0.29) is 69.0 Å². The number of nitrogens with zero attached hydrogens (tertiary/aromatic N) is 3. The Kier molecular flexibility index (Phi) is 10.2. The monoisotopic (exact) mass is 641 g/mol. The standard InChI is InChI=1S/C30H31N3O11S/c1-7-42-23-12-17(9-10-20(23)44-15-25(34)41-6)27-26(29(36)43-8-2)16(3)31-30-32(27)28(35)24(45-30)13-18-11-19(33(37)38)22(40-5)14-21(18)39-4/h9-14,27H,7-8,15H2,1-6H3/b24-13-/t27-/m0/s1. The zero-order valence-electron chi connectivity index (χ0n) is 25.4. The van der Waals surface area contributed by atoms with Crippen molar-refractivity contribution in [1.29, 1.82) is 0 Å². The Morgan fingerprint density at radius 3 is 2.38 bits per heavy atom. The zero-order chi connectivity index (χ0) is 32.8. The van der Waals surface area contributed by atoms with E-state index in [9.17, 15) is 24.5 Å². The third-order valence-electron chi connectivity index (χ3n) is 6.69. The number of esters is 2. The molecule has 2 heterocycles. The first-order chi connectivity index (χ1) is 21.6. The summed E-state index contributed by atoms with van der Waals surface area (Å²) < 4.78 is 33.5. The van der Waals surface area contributed by atoms with Gasteiger partial charge in [-0.05, 0) is 44.5 Å². The van der Waals surface area contributed by atoms with Gasteiger partial charge in [-0.3, -0.25) is 19.5 Å². The Hall–Kier alpha value is -5.18. The lowest BCUT2D eigenvalue weighted by atomic mass is 9.95. The molecular weight excluding hydrogens is 610 g/mol. The van der Waals surface area contributed by atoms with Gasteiger partial charge in [-0.1, -0.05) is 17.4 Å². The number of nitro benzene ring substituents is 1. The first-order valence-corrected chi connectivity index (χ1v) is 14.5. The molecule has 15 heteroatoms. The third kappa shape index (κ3) is 6.67. The SMILES string of the molecule is CCOC(=O)C1=C(C)N=c2s/c(=C\c3cc([N+](=O)[O-])c(OC)cc3OC)c(=O)n2[C@H]1c1ccc(OCC(=O)OC)c(OCC)c1. The van der Waals surface area contributed by atoms with Crippen LogP contribution in [0.2, 0.25) is 0 Å². The Labute approximate surface area is 260 Å². The van der Waals surface area contributed by atoms with Gasteiger partial charge in [-0.15, -0.1) is 0 Å². The van der Waals surface area contributed by atoms with Crippen LogP contribution in [0.3, 0.4) is 0 Å². The summed E-state index contributed by atoms with van der Waals surface area (Å²) in [4.78, 5) is 55.0. The molecule has 1 atom stereocenters. The quantitative estimate of drug-likeness (QED) is 0.162. The highest BCUT2D eigenvalue weighted by atomic mass is 32.1. The van der Waals surface area contributed by atoms with Crippen LogP contribution in [-0.2, 0) is 19.1 Å². The van der Waals surface area contributed by atoms with E-state index in [0.29, 0.717) is 11.3 Å². The average molecular weight is 642 g/mol. The maximum absolute atomic E-state index is 14.1.